The van der Waals surface area contributed by atoms with Crippen LogP contribution < -0.4 is 5.32 Å². The van der Waals surface area contributed by atoms with E-state index in [9.17, 15) is 24.9 Å². The Labute approximate surface area is 207 Å². The van der Waals surface area contributed by atoms with Crippen LogP contribution in [0.1, 0.15) is 37.5 Å². The zero-order valence-electron chi connectivity index (χ0n) is 20.6. The van der Waals surface area contributed by atoms with Gasteiger partial charge in [-0.2, -0.15) is 5.26 Å². The van der Waals surface area contributed by atoms with Crippen LogP contribution >= 0.6 is 0 Å². The molecule has 35 heavy (non-hydrogen) atoms. The Bertz CT molecular complexity index is 1070. The first-order valence-corrected chi connectivity index (χ1v) is 11.3. The Morgan fingerprint density at radius 2 is 1.80 bits per heavy atom. The number of amides is 2. The Kier molecular flexibility index (Phi) is 10.1. The smallest absolute Gasteiger partial charge is 0.449 e. The zero-order valence-corrected chi connectivity index (χ0v) is 20.6. The van der Waals surface area contributed by atoms with Gasteiger partial charge in [-0.1, -0.05) is 54.6 Å². The van der Waals surface area contributed by atoms with Gasteiger partial charge in [0.05, 0.1) is 12.5 Å². The predicted octanol–water partition coefficient (Wildman–Crippen LogP) is 2.74. The summed E-state index contributed by atoms with van der Waals surface area (Å²) in [5, 5.41) is 31.2. The van der Waals surface area contributed by atoms with Crippen LogP contribution in [0.4, 0.5) is 4.79 Å². The molecule has 0 aromatic heterocycles. The summed E-state index contributed by atoms with van der Waals surface area (Å²) in [4.78, 5) is 26.3. The molecule has 0 fully saturated rings. The topological polar surface area (TPSA) is 123 Å². The van der Waals surface area contributed by atoms with E-state index in [1.807, 2.05) is 69.3 Å². The fraction of sp³-hybridized carbons (Fsp3) is 0.346. The molecule has 2 rings (SSSR count). The molecule has 0 bridgehead atoms. The summed E-state index contributed by atoms with van der Waals surface area (Å²) in [5.74, 6) is -1.27. The molecule has 2 aromatic carbocycles. The molecule has 9 heteroatoms. The number of nitrogens with one attached hydrogen (secondary N) is 1. The number of hydrogen-bond acceptors (Lipinski definition) is 6. The lowest BCUT2D eigenvalue weighted by atomic mass is 9.76. The van der Waals surface area contributed by atoms with Gasteiger partial charge < -0.3 is 25.0 Å². The van der Waals surface area contributed by atoms with Gasteiger partial charge in [0.1, 0.15) is 11.6 Å². The third-order valence-corrected chi connectivity index (χ3v) is 5.51. The van der Waals surface area contributed by atoms with E-state index in [2.05, 4.69) is 5.32 Å². The van der Waals surface area contributed by atoms with Crippen molar-refractivity contribution < 1.29 is 24.4 Å². The molecular formula is C26H32BN3O5. The quantitative estimate of drug-likeness (QED) is 0.290. The van der Waals surface area contributed by atoms with E-state index in [-0.39, 0.29) is 24.5 Å². The van der Waals surface area contributed by atoms with Crippen molar-refractivity contribution in [3.05, 3.63) is 76.9 Å². The molecule has 0 aliphatic carbocycles. The highest BCUT2D eigenvalue weighted by Gasteiger charge is 2.26. The van der Waals surface area contributed by atoms with Crippen LogP contribution in [0.25, 0.3) is 6.08 Å². The van der Waals surface area contributed by atoms with Gasteiger partial charge in [0.25, 0.3) is 5.91 Å². The molecule has 3 N–H and O–H groups in total. The van der Waals surface area contributed by atoms with Gasteiger partial charge in [0, 0.05) is 19.0 Å². The van der Waals surface area contributed by atoms with Crippen LogP contribution in [0.2, 0.25) is 0 Å². The van der Waals surface area contributed by atoms with Crippen LogP contribution in [-0.4, -0.2) is 59.2 Å². The fourth-order valence-electron chi connectivity index (χ4n) is 3.19. The van der Waals surface area contributed by atoms with E-state index < -0.39 is 24.7 Å². The second-order valence-corrected chi connectivity index (χ2v) is 9.19. The minimum absolute atomic E-state index is 0.0298. The number of carbonyl (C=O) groups is 2. The van der Waals surface area contributed by atoms with E-state index in [0.29, 0.717) is 12.0 Å². The van der Waals surface area contributed by atoms with Gasteiger partial charge >= 0.3 is 13.2 Å². The van der Waals surface area contributed by atoms with Gasteiger partial charge in [-0.05, 0) is 50.0 Å². The normalized spacial score (nSPS) is 12.3. The van der Waals surface area contributed by atoms with Gasteiger partial charge in [-0.3, -0.25) is 4.79 Å². The lowest BCUT2D eigenvalue weighted by Gasteiger charge is -2.31. The Balaban J connectivity index is 1.95. The van der Waals surface area contributed by atoms with Crippen LogP contribution in [0.15, 0.2) is 60.2 Å². The molecule has 2 amide bonds. The minimum atomic E-state index is -1.74. The van der Waals surface area contributed by atoms with E-state index in [0.717, 1.165) is 11.1 Å². The van der Waals surface area contributed by atoms with E-state index >= 15 is 0 Å². The molecule has 0 aliphatic rings. The summed E-state index contributed by atoms with van der Waals surface area (Å²) in [7, 11) is -0.0763. The van der Waals surface area contributed by atoms with Crippen LogP contribution in [0, 0.1) is 11.3 Å². The molecule has 0 radical (unpaired) electrons. The molecule has 1 unspecified atom stereocenters. The minimum Gasteiger partial charge on any atom is -0.449 e. The Morgan fingerprint density at radius 3 is 2.40 bits per heavy atom. The first-order chi connectivity index (χ1) is 16.5. The number of rotatable bonds is 9. The Hall–Kier alpha value is -3.61. The number of alkyl carbamates (subject to hydrolysis) is 1. The molecule has 8 nitrogen and oxygen atoms in total. The van der Waals surface area contributed by atoms with Gasteiger partial charge in [0.2, 0.25) is 0 Å². The monoisotopic (exact) mass is 477 g/mol. The lowest BCUT2D eigenvalue weighted by molar-refractivity contribution is -0.129. The highest BCUT2D eigenvalue weighted by atomic mass is 16.5. The predicted molar refractivity (Wildman–Crippen MR) is 135 cm³/mol. The first-order valence-electron chi connectivity index (χ1n) is 11.3. The molecule has 0 saturated heterocycles. The molecule has 1 atom stereocenters. The number of ether oxygens (including phenoxy) is 1. The molecule has 0 saturated carbocycles. The molecule has 184 valence electrons. The van der Waals surface area contributed by atoms with Crippen molar-refractivity contribution >= 4 is 25.2 Å². The average molecular weight is 477 g/mol. The number of hydrogen-bond donors (Lipinski definition) is 3. The second-order valence-electron chi connectivity index (χ2n) is 9.19. The number of carbonyl (C=O) groups excluding carboxylic acids is 2. The van der Waals surface area contributed by atoms with Crippen molar-refractivity contribution in [1.82, 2.24) is 10.2 Å². The van der Waals surface area contributed by atoms with Crippen LogP contribution in [0.5, 0.6) is 0 Å². The number of nitriles is 1. The van der Waals surface area contributed by atoms with Crippen molar-refractivity contribution in [3.8, 4) is 6.07 Å². The second kappa shape index (κ2) is 12.7. The lowest BCUT2D eigenvalue weighted by Crippen LogP contribution is -2.48. The van der Waals surface area contributed by atoms with Gasteiger partial charge in [-0.25, -0.2) is 4.79 Å². The largest absolute Gasteiger partial charge is 0.475 e. The zero-order chi connectivity index (χ0) is 26.0. The summed E-state index contributed by atoms with van der Waals surface area (Å²) in [6.45, 7) is 5.74. The maximum Gasteiger partial charge on any atom is 0.475 e. The fourth-order valence-corrected chi connectivity index (χ4v) is 3.19. The number of benzene rings is 2. The summed E-state index contributed by atoms with van der Waals surface area (Å²) in [6, 6.07) is 18.4. The maximum absolute atomic E-state index is 12.6. The third kappa shape index (κ3) is 8.93. The van der Waals surface area contributed by atoms with Crippen molar-refractivity contribution in [2.75, 3.05) is 13.7 Å². The highest BCUT2D eigenvalue weighted by molar-refractivity contribution is 6.43. The van der Waals surface area contributed by atoms with E-state index in [1.54, 1.807) is 25.3 Å². The third-order valence-electron chi connectivity index (χ3n) is 5.51. The van der Waals surface area contributed by atoms with Crippen LogP contribution in [0.3, 0.4) is 0 Å². The molecule has 2 aromatic rings. The maximum atomic E-state index is 12.6. The van der Waals surface area contributed by atoms with Crippen molar-refractivity contribution in [2.24, 2.45) is 0 Å². The van der Waals surface area contributed by atoms with Gasteiger partial charge in [-0.15, -0.1) is 0 Å². The highest BCUT2D eigenvalue weighted by Crippen LogP contribution is 2.17. The van der Waals surface area contributed by atoms with E-state index in [1.165, 1.54) is 4.90 Å². The van der Waals surface area contributed by atoms with Crippen LogP contribution in [-0.2, 0) is 22.4 Å². The Morgan fingerprint density at radius 1 is 1.14 bits per heavy atom. The van der Waals surface area contributed by atoms with E-state index in [4.69, 9.17) is 4.74 Å². The summed E-state index contributed by atoms with van der Waals surface area (Å²) in [6.07, 6.45) is 1.43. The SMILES string of the molecule is CN(C(=O)C(C#N)=Cc1cccc(CCOC(=O)NC(Cc2ccccc2)B(O)O)c1)C(C)(C)C. The average Bonchev–Trinajstić information content (AvgIpc) is 2.81. The van der Waals surface area contributed by atoms with Crippen molar-refractivity contribution in [3.63, 3.8) is 0 Å². The van der Waals surface area contributed by atoms with Crippen molar-refractivity contribution in [2.45, 2.75) is 45.1 Å². The van der Waals surface area contributed by atoms with Gasteiger partial charge in [0.15, 0.2) is 0 Å². The molecular weight excluding hydrogens is 445 g/mol. The molecule has 0 aliphatic heterocycles. The first kappa shape index (κ1) is 27.6. The van der Waals surface area contributed by atoms with Crippen molar-refractivity contribution in [1.29, 1.82) is 5.26 Å². The molecule has 0 spiro atoms. The number of likely N-dealkylation sites (N-methyl/N-ethyl adjacent to an activating group) is 1. The summed E-state index contributed by atoms with van der Waals surface area (Å²) < 4.78 is 5.21. The molecule has 0 heterocycles. The standard InChI is InChI=1S/C26H32BN3O5/c1-26(2,3)30(4)24(31)22(18-28)16-21-12-8-11-20(15-21)13-14-35-25(32)29-23(27(33)34)17-19-9-6-5-7-10-19/h5-12,15-16,23,33-34H,13-14,17H2,1-4H3,(H,29,32). The summed E-state index contributed by atoms with van der Waals surface area (Å²) in [5.41, 5.74) is 2.00. The summed E-state index contributed by atoms with van der Waals surface area (Å²) >= 11 is 0. The number of nitrogens with zero attached hydrogens (tertiary/aromatic N) is 2.